The number of nitrogens with one attached hydrogen (secondary N) is 2. The highest BCUT2D eigenvalue weighted by atomic mass is 14.9. The molecule has 102 valence electrons. The van der Waals surface area contributed by atoms with Crippen molar-refractivity contribution in [2.45, 2.75) is 32.6 Å². The van der Waals surface area contributed by atoms with Gasteiger partial charge >= 0.3 is 0 Å². The fraction of sp³-hybridized carbons (Fsp3) is 0.500. The third-order valence-corrected chi connectivity index (χ3v) is 3.01. The lowest BCUT2D eigenvalue weighted by Gasteiger charge is -2.23. The van der Waals surface area contributed by atoms with E-state index in [4.69, 9.17) is 0 Å². The SMILES string of the molecule is C=C.CC.CNc1ccc(C2CCNCC2)cc1. The van der Waals surface area contributed by atoms with Crippen molar-refractivity contribution in [3.63, 3.8) is 0 Å². The van der Waals surface area contributed by atoms with E-state index in [-0.39, 0.29) is 0 Å². The zero-order valence-corrected chi connectivity index (χ0v) is 12.1. The van der Waals surface area contributed by atoms with Crippen LogP contribution in [0.4, 0.5) is 5.69 Å². The van der Waals surface area contributed by atoms with Crippen LogP contribution < -0.4 is 10.6 Å². The first-order valence-electron chi connectivity index (χ1n) is 6.88. The summed E-state index contributed by atoms with van der Waals surface area (Å²) in [7, 11) is 1.96. The molecular weight excluding hydrogens is 220 g/mol. The fourth-order valence-corrected chi connectivity index (χ4v) is 2.08. The van der Waals surface area contributed by atoms with Gasteiger partial charge in [-0.05, 0) is 49.5 Å². The molecule has 0 amide bonds. The van der Waals surface area contributed by atoms with Crippen molar-refractivity contribution in [3.05, 3.63) is 43.0 Å². The lowest BCUT2D eigenvalue weighted by atomic mass is 9.90. The fourth-order valence-electron chi connectivity index (χ4n) is 2.08. The van der Waals surface area contributed by atoms with Gasteiger partial charge in [0.2, 0.25) is 0 Å². The molecule has 0 aromatic heterocycles. The van der Waals surface area contributed by atoms with Crippen molar-refractivity contribution >= 4 is 5.69 Å². The van der Waals surface area contributed by atoms with Crippen LogP contribution in [0.5, 0.6) is 0 Å². The topological polar surface area (TPSA) is 24.1 Å². The zero-order chi connectivity index (χ0) is 13.8. The van der Waals surface area contributed by atoms with Crippen LogP contribution in [-0.4, -0.2) is 20.1 Å². The highest BCUT2D eigenvalue weighted by molar-refractivity contribution is 5.44. The molecule has 2 rings (SSSR count). The van der Waals surface area contributed by atoms with E-state index in [2.05, 4.69) is 48.1 Å². The number of hydrogen-bond acceptors (Lipinski definition) is 2. The molecule has 1 fully saturated rings. The Labute approximate surface area is 112 Å². The van der Waals surface area contributed by atoms with E-state index < -0.39 is 0 Å². The number of rotatable bonds is 2. The molecule has 0 unspecified atom stereocenters. The van der Waals surface area contributed by atoms with E-state index in [9.17, 15) is 0 Å². The molecule has 1 aliphatic heterocycles. The Hall–Kier alpha value is -1.28. The van der Waals surface area contributed by atoms with E-state index in [1.54, 1.807) is 0 Å². The van der Waals surface area contributed by atoms with Gasteiger partial charge in [0.25, 0.3) is 0 Å². The lowest BCUT2D eigenvalue weighted by Crippen LogP contribution is -2.26. The van der Waals surface area contributed by atoms with Crippen LogP contribution in [-0.2, 0) is 0 Å². The summed E-state index contributed by atoms with van der Waals surface area (Å²) in [5, 5.41) is 6.54. The van der Waals surface area contributed by atoms with Crippen molar-refractivity contribution in [1.29, 1.82) is 0 Å². The minimum Gasteiger partial charge on any atom is -0.388 e. The summed E-state index contributed by atoms with van der Waals surface area (Å²) in [6.45, 7) is 12.3. The Bertz CT molecular complexity index is 286. The van der Waals surface area contributed by atoms with E-state index in [1.807, 2.05) is 20.9 Å². The van der Waals surface area contributed by atoms with Crippen LogP contribution in [0.15, 0.2) is 37.4 Å². The summed E-state index contributed by atoms with van der Waals surface area (Å²) >= 11 is 0. The molecule has 0 atom stereocenters. The second-order valence-corrected chi connectivity index (χ2v) is 3.90. The van der Waals surface area contributed by atoms with Crippen LogP contribution in [0.3, 0.4) is 0 Å². The van der Waals surface area contributed by atoms with Crippen molar-refractivity contribution in [2.24, 2.45) is 0 Å². The van der Waals surface area contributed by atoms with Crippen molar-refractivity contribution in [1.82, 2.24) is 5.32 Å². The highest BCUT2D eigenvalue weighted by Crippen LogP contribution is 2.25. The summed E-state index contributed by atoms with van der Waals surface area (Å²) < 4.78 is 0. The lowest BCUT2D eigenvalue weighted by molar-refractivity contribution is 0.460. The van der Waals surface area contributed by atoms with E-state index in [1.165, 1.54) is 37.2 Å². The number of anilines is 1. The molecule has 1 saturated heterocycles. The molecule has 2 N–H and O–H groups in total. The van der Waals surface area contributed by atoms with Gasteiger partial charge in [-0.25, -0.2) is 0 Å². The van der Waals surface area contributed by atoms with E-state index >= 15 is 0 Å². The summed E-state index contributed by atoms with van der Waals surface area (Å²) in [6.07, 6.45) is 2.55. The molecule has 0 spiro atoms. The maximum atomic E-state index is 3.39. The second-order valence-electron chi connectivity index (χ2n) is 3.90. The van der Waals surface area contributed by atoms with Gasteiger partial charge in [-0.1, -0.05) is 26.0 Å². The zero-order valence-electron chi connectivity index (χ0n) is 12.1. The van der Waals surface area contributed by atoms with Crippen LogP contribution in [0.25, 0.3) is 0 Å². The Morgan fingerprint density at radius 3 is 2.00 bits per heavy atom. The largest absolute Gasteiger partial charge is 0.388 e. The smallest absolute Gasteiger partial charge is 0.0337 e. The Balaban J connectivity index is 0.000000659. The predicted octanol–water partition coefficient (Wildman–Crippen LogP) is 4.02. The predicted molar refractivity (Wildman–Crippen MR) is 83.4 cm³/mol. The average molecular weight is 248 g/mol. The molecule has 1 aliphatic rings. The van der Waals surface area contributed by atoms with Gasteiger partial charge in [0.1, 0.15) is 0 Å². The molecule has 1 aromatic rings. The molecule has 1 heterocycles. The van der Waals surface area contributed by atoms with Gasteiger partial charge in [-0.3, -0.25) is 0 Å². The number of hydrogen-bond donors (Lipinski definition) is 2. The Morgan fingerprint density at radius 1 is 1.06 bits per heavy atom. The van der Waals surface area contributed by atoms with Crippen molar-refractivity contribution in [3.8, 4) is 0 Å². The van der Waals surface area contributed by atoms with E-state index in [0.29, 0.717) is 0 Å². The van der Waals surface area contributed by atoms with Gasteiger partial charge in [0, 0.05) is 12.7 Å². The molecule has 18 heavy (non-hydrogen) atoms. The standard InChI is InChI=1S/C12H18N2.C2H6.C2H4/c1-13-12-4-2-10(3-5-12)11-6-8-14-9-7-11;2*1-2/h2-5,11,13-14H,6-9H2,1H3;1-2H3;1-2H2. The number of benzene rings is 1. The molecule has 0 aliphatic carbocycles. The molecule has 0 bridgehead atoms. The second kappa shape index (κ2) is 10.8. The minimum absolute atomic E-state index is 0.766. The van der Waals surface area contributed by atoms with Gasteiger partial charge < -0.3 is 10.6 Å². The molecule has 2 nitrogen and oxygen atoms in total. The Kier molecular flexibility index (Phi) is 10.1. The minimum atomic E-state index is 0.766. The van der Waals surface area contributed by atoms with Gasteiger partial charge in [-0.2, -0.15) is 0 Å². The summed E-state index contributed by atoms with van der Waals surface area (Å²) in [5.74, 6) is 0.766. The van der Waals surface area contributed by atoms with Gasteiger partial charge in [0.05, 0.1) is 0 Å². The van der Waals surface area contributed by atoms with E-state index in [0.717, 1.165) is 5.92 Å². The van der Waals surface area contributed by atoms with Gasteiger partial charge in [0.15, 0.2) is 0 Å². The number of piperidine rings is 1. The van der Waals surface area contributed by atoms with Crippen molar-refractivity contribution in [2.75, 3.05) is 25.5 Å². The van der Waals surface area contributed by atoms with Crippen LogP contribution in [0.1, 0.15) is 38.2 Å². The Morgan fingerprint density at radius 2 is 1.56 bits per heavy atom. The normalized spacial score (nSPS) is 14.6. The van der Waals surface area contributed by atoms with Crippen LogP contribution in [0, 0.1) is 0 Å². The highest BCUT2D eigenvalue weighted by Gasteiger charge is 2.14. The monoisotopic (exact) mass is 248 g/mol. The van der Waals surface area contributed by atoms with Gasteiger partial charge in [-0.15, -0.1) is 13.2 Å². The first kappa shape index (κ1) is 16.7. The molecule has 2 heteroatoms. The quantitative estimate of drug-likeness (QED) is 0.772. The first-order valence-corrected chi connectivity index (χ1v) is 6.88. The summed E-state index contributed by atoms with van der Waals surface area (Å²) in [5.41, 5.74) is 2.69. The first-order chi connectivity index (χ1) is 8.90. The van der Waals surface area contributed by atoms with Crippen LogP contribution in [0.2, 0.25) is 0 Å². The van der Waals surface area contributed by atoms with Crippen LogP contribution >= 0.6 is 0 Å². The third kappa shape index (κ3) is 5.37. The molecular formula is C16H28N2. The molecule has 1 aromatic carbocycles. The summed E-state index contributed by atoms with van der Waals surface area (Å²) in [4.78, 5) is 0. The molecule has 0 radical (unpaired) electrons. The van der Waals surface area contributed by atoms with Crippen molar-refractivity contribution < 1.29 is 0 Å². The third-order valence-electron chi connectivity index (χ3n) is 3.01. The average Bonchev–Trinajstić information content (AvgIpc) is 2.52. The maximum Gasteiger partial charge on any atom is 0.0337 e. The molecule has 0 saturated carbocycles. The summed E-state index contributed by atoms with van der Waals surface area (Å²) in [6, 6.07) is 8.83. The maximum absolute atomic E-state index is 3.39.